The predicted octanol–water partition coefficient (Wildman–Crippen LogP) is 2.46. The minimum Gasteiger partial charge on any atom is -0.492 e. The summed E-state index contributed by atoms with van der Waals surface area (Å²) in [5, 5.41) is 10.1. The van der Waals surface area contributed by atoms with Crippen LogP contribution in [0.5, 0.6) is 5.75 Å². The molecule has 0 radical (unpaired) electrons. The molecule has 1 N–H and O–H groups in total. The van der Waals surface area contributed by atoms with Gasteiger partial charge in [-0.1, -0.05) is 0 Å². The minimum absolute atomic E-state index is 0.575. The molecule has 0 saturated heterocycles. The van der Waals surface area contributed by atoms with Crippen LogP contribution in [0.4, 0.5) is 0 Å². The van der Waals surface area contributed by atoms with Gasteiger partial charge < -0.3 is 14.3 Å². The molecule has 2 heterocycles. The lowest BCUT2D eigenvalue weighted by Gasteiger charge is -2.10. The number of aliphatic hydroxyl groups excluding tert-OH is 1. The average molecular weight is 233 g/mol. The molecule has 2 rings (SSSR count). The molecule has 0 aliphatic carbocycles. The lowest BCUT2D eigenvalue weighted by atomic mass is 10.1. The highest BCUT2D eigenvalue weighted by atomic mass is 16.5. The topological polar surface area (TPSA) is 55.5 Å². The van der Waals surface area contributed by atoms with Gasteiger partial charge in [-0.2, -0.15) is 0 Å². The first-order chi connectivity index (χ1) is 8.20. The van der Waals surface area contributed by atoms with Crippen LogP contribution in [0.25, 0.3) is 0 Å². The van der Waals surface area contributed by atoms with E-state index in [0.717, 1.165) is 11.3 Å². The maximum absolute atomic E-state index is 10.1. The van der Waals surface area contributed by atoms with Crippen molar-refractivity contribution in [3.63, 3.8) is 0 Å². The Balaban J connectivity index is 2.24. The molecule has 0 spiro atoms. The number of furan rings is 1. The highest BCUT2D eigenvalue weighted by molar-refractivity contribution is 5.31. The molecule has 17 heavy (non-hydrogen) atoms. The van der Waals surface area contributed by atoms with E-state index < -0.39 is 6.10 Å². The van der Waals surface area contributed by atoms with E-state index in [2.05, 4.69) is 4.98 Å². The molecule has 0 aliphatic heterocycles. The number of aliphatic hydroxyl groups is 1. The van der Waals surface area contributed by atoms with E-state index in [4.69, 9.17) is 9.15 Å². The van der Waals surface area contributed by atoms with Crippen molar-refractivity contribution in [1.82, 2.24) is 4.98 Å². The van der Waals surface area contributed by atoms with Gasteiger partial charge in [-0.25, -0.2) is 0 Å². The van der Waals surface area contributed by atoms with Crippen molar-refractivity contribution in [1.29, 1.82) is 0 Å². The summed E-state index contributed by atoms with van der Waals surface area (Å²) in [7, 11) is 0. The van der Waals surface area contributed by atoms with Crippen LogP contribution in [0.1, 0.15) is 29.9 Å². The molecule has 2 aromatic rings. The molecule has 2 aromatic heterocycles. The summed E-state index contributed by atoms with van der Waals surface area (Å²) in [6.07, 6.45) is 4.06. The zero-order chi connectivity index (χ0) is 12.3. The Labute approximate surface area is 99.9 Å². The number of pyridine rings is 1. The Bertz CT molecular complexity index is 493. The van der Waals surface area contributed by atoms with Gasteiger partial charge in [-0.05, 0) is 26.0 Å². The third-order valence-corrected chi connectivity index (χ3v) is 2.43. The maximum Gasteiger partial charge on any atom is 0.137 e. The van der Waals surface area contributed by atoms with Gasteiger partial charge in [-0.15, -0.1) is 0 Å². The Morgan fingerprint density at radius 2 is 2.18 bits per heavy atom. The number of aromatic nitrogens is 1. The fourth-order valence-corrected chi connectivity index (χ4v) is 1.63. The maximum atomic E-state index is 10.1. The van der Waals surface area contributed by atoms with Crippen LogP contribution in [0, 0.1) is 6.92 Å². The van der Waals surface area contributed by atoms with Crippen molar-refractivity contribution >= 4 is 0 Å². The number of rotatable bonds is 4. The Morgan fingerprint density at radius 3 is 2.82 bits per heavy atom. The molecule has 0 bridgehead atoms. The Kier molecular flexibility index (Phi) is 3.44. The van der Waals surface area contributed by atoms with Crippen molar-refractivity contribution < 1.29 is 14.3 Å². The molecule has 0 amide bonds. The van der Waals surface area contributed by atoms with Gasteiger partial charge in [0.25, 0.3) is 0 Å². The molecular formula is C13H15NO3. The van der Waals surface area contributed by atoms with E-state index >= 15 is 0 Å². The largest absolute Gasteiger partial charge is 0.492 e. The second kappa shape index (κ2) is 5.01. The van der Waals surface area contributed by atoms with Crippen molar-refractivity contribution in [3.8, 4) is 5.75 Å². The van der Waals surface area contributed by atoms with Gasteiger partial charge in [0.2, 0.25) is 0 Å². The van der Waals surface area contributed by atoms with E-state index in [-0.39, 0.29) is 0 Å². The van der Waals surface area contributed by atoms with Crippen LogP contribution in [-0.2, 0) is 0 Å². The van der Waals surface area contributed by atoms with Gasteiger partial charge in [0.15, 0.2) is 0 Å². The summed E-state index contributed by atoms with van der Waals surface area (Å²) in [6.45, 7) is 4.32. The second-order valence-electron chi connectivity index (χ2n) is 3.78. The summed E-state index contributed by atoms with van der Waals surface area (Å²) in [5.74, 6) is 1.43. The standard InChI is InChI=1S/C13H15NO3/c1-3-16-12-5-10(6-14-7-12)13(15)11-4-9(2)17-8-11/h4-8,13,15H,3H2,1-2H3. The van der Waals surface area contributed by atoms with Gasteiger partial charge in [-0.3, -0.25) is 4.98 Å². The minimum atomic E-state index is -0.736. The first-order valence-electron chi connectivity index (χ1n) is 5.51. The normalized spacial score (nSPS) is 12.4. The SMILES string of the molecule is CCOc1cncc(C(O)c2coc(C)c2)c1. The molecule has 90 valence electrons. The van der Waals surface area contributed by atoms with Crippen molar-refractivity contribution in [2.24, 2.45) is 0 Å². The molecule has 0 aliphatic rings. The number of aryl methyl sites for hydroxylation is 1. The smallest absolute Gasteiger partial charge is 0.137 e. The summed E-state index contributed by atoms with van der Waals surface area (Å²) < 4.78 is 10.5. The third kappa shape index (κ3) is 2.65. The molecule has 1 atom stereocenters. The van der Waals surface area contributed by atoms with Gasteiger partial charge in [0, 0.05) is 17.3 Å². The number of hydrogen-bond acceptors (Lipinski definition) is 4. The van der Waals surface area contributed by atoms with Crippen molar-refractivity contribution in [2.75, 3.05) is 6.61 Å². The molecular weight excluding hydrogens is 218 g/mol. The molecule has 0 fully saturated rings. The second-order valence-corrected chi connectivity index (χ2v) is 3.78. The van der Waals surface area contributed by atoms with Gasteiger partial charge in [0.1, 0.15) is 17.6 Å². The summed E-state index contributed by atoms with van der Waals surface area (Å²) >= 11 is 0. The third-order valence-electron chi connectivity index (χ3n) is 2.43. The summed E-state index contributed by atoms with van der Waals surface area (Å²) in [6, 6.07) is 3.58. The van der Waals surface area contributed by atoms with Crippen molar-refractivity contribution in [3.05, 3.63) is 47.7 Å². The zero-order valence-corrected chi connectivity index (χ0v) is 9.88. The summed E-state index contributed by atoms with van der Waals surface area (Å²) in [5.41, 5.74) is 1.41. The van der Waals surface area contributed by atoms with E-state index in [1.165, 1.54) is 0 Å². The van der Waals surface area contributed by atoms with Crippen LogP contribution in [0.2, 0.25) is 0 Å². The lowest BCUT2D eigenvalue weighted by molar-refractivity contribution is 0.218. The highest BCUT2D eigenvalue weighted by Crippen LogP contribution is 2.25. The average Bonchev–Trinajstić information content (AvgIpc) is 2.76. The first-order valence-corrected chi connectivity index (χ1v) is 5.51. The molecule has 0 saturated carbocycles. The van der Waals surface area contributed by atoms with Crippen LogP contribution >= 0.6 is 0 Å². The van der Waals surface area contributed by atoms with E-state index in [0.29, 0.717) is 17.9 Å². The Hall–Kier alpha value is -1.81. The molecule has 4 heteroatoms. The molecule has 4 nitrogen and oxygen atoms in total. The van der Waals surface area contributed by atoms with E-state index in [1.807, 2.05) is 13.8 Å². The van der Waals surface area contributed by atoms with Gasteiger partial charge in [0.05, 0.1) is 19.1 Å². The van der Waals surface area contributed by atoms with Crippen LogP contribution in [-0.4, -0.2) is 16.7 Å². The van der Waals surface area contributed by atoms with Crippen molar-refractivity contribution in [2.45, 2.75) is 20.0 Å². The quantitative estimate of drug-likeness (QED) is 0.881. The zero-order valence-electron chi connectivity index (χ0n) is 9.88. The summed E-state index contributed by atoms with van der Waals surface area (Å²) in [4.78, 5) is 4.04. The number of ether oxygens (including phenoxy) is 1. The van der Waals surface area contributed by atoms with E-state index in [1.54, 1.807) is 30.8 Å². The predicted molar refractivity (Wildman–Crippen MR) is 62.9 cm³/mol. The Morgan fingerprint density at radius 1 is 1.35 bits per heavy atom. The van der Waals surface area contributed by atoms with Crippen LogP contribution in [0.15, 0.2) is 35.2 Å². The molecule has 0 aromatic carbocycles. The number of nitrogens with zero attached hydrogens (tertiary/aromatic N) is 1. The van der Waals surface area contributed by atoms with E-state index in [9.17, 15) is 5.11 Å². The molecule has 1 unspecified atom stereocenters. The fourth-order valence-electron chi connectivity index (χ4n) is 1.63. The number of hydrogen-bond donors (Lipinski definition) is 1. The lowest BCUT2D eigenvalue weighted by Crippen LogP contribution is -2.00. The fraction of sp³-hybridized carbons (Fsp3) is 0.308. The van der Waals surface area contributed by atoms with Crippen LogP contribution in [0.3, 0.4) is 0 Å². The highest BCUT2D eigenvalue weighted by Gasteiger charge is 2.13. The van der Waals surface area contributed by atoms with Crippen LogP contribution < -0.4 is 4.74 Å². The first kappa shape index (κ1) is 11.7. The van der Waals surface area contributed by atoms with Gasteiger partial charge >= 0.3 is 0 Å². The monoisotopic (exact) mass is 233 g/mol.